The number of nitrogens with one attached hydrogen (secondary N) is 2. The van der Waals surface area contributed by atoms with Gasteiger partial charge in [-0.1, -0.05) is 48.5 Å². The minimum atomic E-state index is -0.622. The van der Waals surface area contributed by atoms with E-state index in [1.807, 2.05) is 42.5 Å². The van der Waals surface area contributed by atoms with Gasteiger partial charge in [0.2, 0.25) is 0 Å². The zero-order valence-electron chi connectivity index (χ0n) is 17.2. The third kappa shape index (κ3) is 6.90. The van der Waals surface area contributed by atoms with Gasteiger partial charge in [0.05, 0.1) is 6.54 Å². The average molecular weight is 450 g/mol. The highest BCUT2D eigenvalue weighted by Gasteiger charge is 2.18. The van der Waals surface area contributed by atoms with E-state index in [0.717, 1.165) is 15.3 Å². The van der Waals surface area contributed by atoms with E-state index in [2.05, 4.69) is 5.32 Å². The summed E-state index contributed by atoms with van der Waals surface area (Å²) in [6.07, 6.45) is 3.43. The molecular weight excluding hydrogens is 426 g/mol. The minimum Gasteiger partial charge on any atom is -0.319 e. The van der Waals surface area contributed by atoms with Gasteiger partial charge in [0.15, 0.2) is 0 Å². The zero-order valence-corrected chi connectivity index (χ0v) is 18.0. The van der Waals surface area contributed by atoms with Gasteiger partial charge in [-0.15, -0.1) is 11.3 Å². The fourth-order valence-corrected chi connectivity index (χ4v) is 3.88. The molecule has 3 aromatic rings. The highest BCUT2D eigenvalue weighted by Crippen LogP contribution is 2.20. The summed E-state index contributed by atoms with van der Waals surface area (Å²) in [7, 11) is 0. The topological polar surface area (TPSA) is 98.7 Å². The Kier molecular flexibility index (Phi) is 8.30. The second kappa shape index (κ2) is 11.6. The van der Waals surface area contributed by atoms with E-state index in [9.17, 15) is 14.4 Å². The normalized spacial score (nSPS) is 10.7. The maximum atomic E-state index is 12.9. The first-order valence-electron chi connectivity index (χ1n) is 9.95. The lowest BCUT2D eigenvalue weighted by molar-refractivity contribution is -0.124. The molecule has 0 saturated carbocycles. The fraction of sp³-hybridized carbons (Fsp3) is 0.125. The second-order valence-corrected chi connectivity index (χ2v) is 8.10. The number of urea groups is 1. The quantitative estimate of drug-likeness (QED) is 0.276. The number of hydrogen-bond donors (Lipinski definition) is 3. The van der Waals surface area contributed by atoms with E-state index in [-0.39, 0.29) is 0 Å². The van der Waals surface area contributed by atoms with Crippen molar-refractivity contribution in [3.05, 3.63) is 99.8 Å². The SMILES string of the molecule is O=C(C=Cc1ccc(CN(CCc2ccccc2)C(=O)NC(=O)c2ccccc2)s1)NO. The van der Waals surface area contributed by atoms with Crippen molar-refractivity contribution in [2.45, 2.75) is 13.0 Å². The molecule has 0 saturated heterocycles. The summed E-state index contributed by atoms with van der Waals surface area (Å²) in [5, 5.41) is 11.0. The average Bonchev–Trinajstić information content (AvgIpc) is 3.28. The number of carbonyl (C=O) groups excluding carboxylic acids is 3. The third-order valence-electron chi connectivity index (χ3n) is 4.60. The number of hydrogen-bond acceptors (Lipinski definition) is 5. The van der Waals surface area contributed by atoms with Gasteiger partial charge in [0.1, 0.15) is 0 Å². The van der Waals surface area contributed by atoms with Gasteiger partial charge in [-0.05, 0) is 42.3 Å². The van der Waals surface area contributed by atoms with Crippen LogP contribution in [0.1, 0.15) is 25.7 Å². The zero-order chi connectivity index (χ0) is 22.8. The molecule has 0 unspecified atom stereocenters. The Balaban J connectivity index is 1.70. The van der Waals surface area contributed by atoms with Crippen LogP contribution in [0.15, 0.2) is 78.9 Å². The monoisotopic (exact) mass is 449 g/mol. The second-order valence-electron chi connectivity index (χ2n) is 6.90. The first kappa shape index (κ1) is 22.9. The summed E-state index contributed by atoms with van der Waals surface area (Å²) in [4.78, 5) is 39.8. The third-order valence-corrected chi connectivity index (χ3v) is 5.63. The Bertz CT molecular complexity index is 1080. The number of rotatable bonds is 8. The maximum Gasteiger partial charge on any atom is 0.324 e. The van der Waals surface area contributed by atoms with Crippen LogP contribution in [-0.4, -0.2) is 34.5 Å². The van der Waals surface area contributed by atoms with Crippen molar-refractivity contribution < 1.29 is 19.6 Å². The summed E-state index contributed by atoms with van der Waals surface area (Å²) in [5.41, 5.74) is 3.04. The van der Waals surface area contributed by atoms with Crippen LogP contribution in [0.3, 0.4) is 0 Å². The van der Waals surface area contributed by atoms with Crippen LogP contribution >= 0.6 is 11.3 Å². The molecule has 3 rings (SSSR count). The molecule has 3 N–H and O–H groups in total. The molecule has 0 atom stereocenters. The predicted octanol–water partition coefficient (Wildman–Crippen LogP) is 3.86. The van der Waals surface area contributed by atoms with E-state index >= 15 is 0 Å². The van der Waals surface area contributed by atoms with Gasteiger partial charge < -0.3 is 4.90 Å². The van der Waals surface area contributed by atoms with Gasteiger partial charge in [0.25, 0.3) is 11.8 Å². The first-order valence-corrected chi connectivity index (χ1v) is 10.8. The molecule has 0 aliphatic rings. The number of hydroxylamine groups is 1. The van der Waals surface area contributed by atoms with Crippen LogP contribution in [0, 0.1) is 0 Å². The molecule has 7 nitrogen and oxygen atoms in total. The maximum absolute atomic E-state index is 12.9. The lowest BCUT2D eigenvalue weighted by atomic mass is 10.1. The number of nitrogens with zero attached hydrogens (tertiary/aromatic N) is 1. The van der Waals surface area contributed by atoms with Crippen LogP contribution < -0.4 is 10.8 Å². The highest BCUT2D eigenvalue weighted by molar-refractivity contribution is 7.12. The molecule has 0 aliphatic carbocycles. The number of carbonyl (C=O) groups is 3. The molecule has 0 aliphatic heterocycles. The van der Waals surface area contributed by atoms with Crippen molar-refractivity contribution in [3.63, 3.8) is 0 Å². The molecule has 8 heteroatoms. The Morgan fingerprint density at radius 1 is 0.938 bits per heavy atom. The number of thiophene rings is 1. The fourth-order valence-electron chi connectivity index (χ4n) is 2.95. The summed E-state index contributed by atoms with van der Waals surface area (Å²) in [5.74, 6) is -1.08. The van der Waals surface area contributed by atoms with Crippen LogP contribution in [0.2, 0.25) is 0 Å². The van der Waals surface area contributed by atoms with Gasteiger partial charge in [-0.25, -0.2) is 10.3 Å². The summed E-state index contributed by atoms with van der Waals surface area (Å²) in [6.45, 7) is 0.735. The van der Waals surface area contributed by atoms with Crippen molar-refractivity contribution >= 4 is 35.3 Å². The van der Waals surface area contributed by atoms with Crippen molar-refractivity contribution in [1.82, 2.24) is 15.7 Å². The van der Waals surface area contributed by atoms with Crippen LogP contribution in [0.4, 0.5) is 4.79 Å². The number of amides is 4. The van der Waals surface area contributed by atoms with E-state index < -0.39 is 17.8 Å². The molecule has 1 heterocycles. The van der Waals surface area contributed by atoms with E-state index in [4.69, 9.17) is 5.21 Å². The minimum absolute atomic E-state index is 0.311. The molecule has 0 spiro atoms. The Labute approximate surface area is 190 Å². The van der Waals surface area contributed by atoms with Gasteiger partial charge in [0, 0.05) is 27.9 Å². The molecule has 2 aromatic carbocycles. The summed E-state index contributed by atoms with van der Waals surface area (Å²) >= 11 is 1.41. The Morgan fingerprint density at radius 3 is 2.31 bits per heavy atom. The molecule has 32 heavy (non-hydrogen) atoms. The predicted molar refractivity (Wildman–Crippen MR) is 123 cm³/mol. The molecule has 0 bridgehead atoms. The van der Waals surface area contributed by atoms with Crippen LogP contribution in [0.5, 0.6) is 0 Å². The smallest absolute Gasteiger partial charge is 0.319 e. The van der Waals surface area contributed by atoms with Crippen molar-refractivity contribution in [2.75, 3.05) is 6.54 Å². The molecule has 0 fully saturated rings. The summed E-state index contributed by atoms with van der Waals surface area (Å²) < 4.78 is 0. The first-order chi connectivity index (χ1) is 15.5. The lowest BCUT2D eigenvalue weighted by Crippen LogP contribution is -2.43. The van der Waals surface area contributed by atoms with Gasteiger partial charge in [-0.3, -0.25) is 20.1 Å². The summed E-state index contributed by atoms with van der Waals surface area (Å²) in [6, 6.07) is 21.6. The van der Waals surface area contributed by atoms with Crippen molar-refractivity contribution in [1.29, 1.82) is 0 Å². The van der Waals surface area contributed by atoms with Crippen molar-refractivity contribution in [3.8, 4) is 0 Å². The molecule has 4 amide bonds. The molecule has 164 valence electrons. The van der Waals surface area contributed by atoms with Crippen LogP contribution in [0.25, 0.3) is 6.08 Å². The number of benzene rings is 2. The Morgan fingerprint density at radius 2 is 1.62 bits per heavy atom. The standard InChI is InChI=1S/C24H23N3O4S/c28-22(26-31)14-13-20-11-12-21(32-20)17-27(16-15-18-7-3-1-4-8-18)24(30)25-23(29)19-9-5-2-6-10-19/h1-14,31H,15-17H2,(H,26,28)(H,25,29,30). The van der Waals surface area contributed by atoms with Crippen molar-refractivity contribution in [2.24, 2.45) is 0 Å². The lowest BCUT2D eigenvalue weighted by Gasteiger charge is -2.22. The molecule has 0 radical (unpaired) electrons. The largest absolute Gasteiger partial charge is 0.324 e. The van der Waals surface area contributed by atoms with E-state index in [1.54, 1.807) is 41.3 Å². The van der Waals surface area contributed by atoms with Gasteiger partial charge in [-0.2, -0.15) is 0 Å². The molecule has 1 aromatic heterocycles. The van der Waals surface area contributed by atoms with E-state index in [1.165, 1.54) is 22.9 Å². The van der Waals surface area contributed by atoms with Gasteiger partial charge >= 0.3 is 6.03 Å². The number of imide groups is 1. The Hall–Kier alpha value is -3.75. The van der Waals surface area contributed by atoms with Crippen LogP contribution in [-0.2, 0) is 17.8 Å². The highest BCUT2D eigenvalue weighted by atomic mass is 32.1. The van der Waals surface area contributed by atoms with E-state index in [0.29, 0.717) is 25.1 Å². The molecular formula is C24H23N3O4S.